The van der Waals surface area contributed by atoms with Crippen molar-refractivity contribution in [3.05, 3.63) is 29.3 Å². The Labute approximate surface area is 136 Å². The van der Waals surface area contributed by atoms with Gasteiger partial charge in [-0.1, -0.05) is 12.1 Å². The van der Waals surface area contributed by atoms with Crippen molar-refractivity contribution in [3.8, 4) is 5.75 Å². The molecule has 1 amide bonds. The molecule has 0 spiro atoms. The number of aliphatic hydroxyl groups excluding tert-OH is 1. The van der Waals surface area contributed by atoms with Gasteiger partial charge in [0, 0.05) is 13.0 Å². The summed E-state index contributed by atoms with van der Waals surface area (Å²) in [5.41, 5.74) is 1.82. The maximum Gasteiger partial charge on any atom is 0.328 e. The van der Waals surface area contributed by atoms with Crippen molar-refractivity contribution in [3.63, 3.8) is 0 Å². The maximum atomic E-state index is 12.6. The molecular weight excluding hydrogens is 298 g/mol. The van der Waals surface area contributed by atoms with E-state index in [1.807, 2.05) is 25.1 Å². The van der Waals surface area contributed by atoms with Crippen LogP contribution in [0, 0.1) is 6.92 Å². The standard InChI is InChI=1S/C17H23NO5/c1-11-8-12(4-5-15(11)22-2)9-16(20)18-7-6-13(19)10-14(18)17(21)23-3/h4-5,8,13-14,19H,6-7,9-10H2,1-3H3/t13-,14+/m0/s1. The number of hydrogen-bond acceptors (Lipinski definition) is 5. The largest absolute Gasteiger partial charge is 0.496 e. The first-order chi connectivity index (χ1) is 11.0. The van der Waals surface area contributed by atoms with E-state index in [1.54, 1.807) is 7.11 Å². The Bertz CT molecular complexity index is 586. The fourth-order valence-corrected chi connectivity index (χ4v) is 2.93. The predicted octanol–water partition coefficient (Wildman–Crippen LogP) is 1.07. The van der Waals surface area contributed by atoms with Crippen LogP contribution in [-0.2, 0) is 20.7 Å². The number of ether oxygens (including phenoxy) is 2. The summed E-state index contributed by atoms with van der Waals surface area (Å²) in [5.74, 6) is 0.148. The Balaban J connectivity index is 2.11. The van der Waals surface area contributed by atoms with Crippen molar-refractivity contribution in [2.75, 3.05) is 20.8 Å². The number of aryl methyl sites for hydroxylation is 1. The Morgan fingerprint density at radius 2 is 2.09 bits per heavy atom. The lowest BCUT2D eigenvalue weighted by molar-refractivity contribution is -0.156. The molecule has 126 valence electrons. The highest BCUT2D eigenvalue weighted by atomic mass is 16.5. The third kappa shape index (κ3) is 4.01. The fourth-order valence-electron chi connectivity index (χ4n) is 2.93. The third-order valence-corrected chi connectivity index (χ3v) is 4.18. The third-order valence-electron chi connectivity index (χ3n) is 4.18. The van der Waals surface area contributed by atoms with Gasteiger partial charge in [-0.15, -0.1) is 0 Å². The van der Waals surface area contributed by atoms with E-state index in [4.69, 9.17) is 9.47 Å². The van der Waals surface area contributed by atoms with Crippen LogP contribution in [0.15, 0.2) is 18.2 Å². The molecule has 0 saturated carbocycles. The van der Waals surface area contributed by atoms with E-state index >= 15 is 0 Å². The van der Waals surface area contributed by atoms with Gasteiger partial charge in [0.25, 0.3) is 0 Å². The SMILES string of the molecule is COC(=O)[C@H]1C[C@@H](O)CCN1C(=O)Cc1ccc(OC)c(C)c1. The molecule has 1 fully saturated rings. The zero-order valence-corrected chi connectivity index (χ0v) is 13.7. The van der Waals surface area contributed by atoms with Gasteiger partial charge in [0.2, 0.25) is 5.91 Å². The number of esters is 1. The molecule has 0 unspecified atom stereocenters. The summed E-state index contributed by atoms with van der Waals surface area (Å²) in [6.07, 6.45) is 0.321. The van der Waals surface area contributed by atoms with E-state index in [9.17, 15) is 14.7 Å². The molecule has 6 nitrogen and oxygen atoms in total. The van der Waals surface area contributed by atoms with E-state index in [2.05, 4.69) is 0 Å². The predicted molar refractivity (Wildman–Crippen MR) is 84.2 cm³/mol. The number of amides is 1. The molecule has 2 rings (SSSR count). The molecule has 1 aliphatic heterocycles. The number of piperidine rings is 1. The topological polar surface area (TPSA) is 76.1 Å². The summed E-state index contributed by atoms with van der Waals surface area (Å²) in [7, 11) is 2.89. The molecule has 1 N–H and O–H groups in total. The Hall–Kier alpha value is -2.08. The monoisotopic (exact) mass is 321 g/mol. The number of carbonyl (C=O) groups excluding carboxylic acids is 2. The lowest BCUT2D eigenvalue weighted by atomic mass is 9.98. The van der Waals surface area contributed by atoms with Crippen molar-refractivity contribution in [1.29, 1.82) is 0 Å². The summed E-state index contributed by atoms with van der Waals surface area (Å²) in [6.45, 7) is 2.27. The minimum atomic E-state index is -0.712. The van der Waals surface area contributed by atoms with Gasteiger partial charge in [-0.25, -0.2) is 4.79 Å². The van der Waals surface area contributed by atoms with Crippen LogP contribution in [0.4, 0.5) is 0 Å². The highest BCUT2D eigenvalue weighted by molar-refractivity contribution is 5.86. The molecule has 1 aromatic rings. The number of benzene rings is 1. The quantitative estimate of drug-likeness (QED) is 0.840. The normalized spacial score (nSPS) is 21.0. The Morgan fingerprint density at radius 1 is 1.35 bits per heavy atom. The highest BCUT2D eigenvalue weighted by Crippen LogP contribution is 2.22. The molecule has 2 atom stereocenters. The maximum absolute atomic E-state index is 12.6. The van der Waals surface area contributed by atoms with Gasteiger partial charge in [0.1, 0.15) is 11.8 Å². The number of nitrogens with zero attached hydrogens (tertiary/aromatic N) is 1. The van der Waals surface area contributed by atoms with Crippen molar-refractivity contribution in [1.82, 2.24) is 4.90 Å². The minimum absolute atomic E-state index is 0.142. The van der Waals surface area contributed by atoms with Crippen molar-refractivity contribution in [2.24, 2.45) is 0 Å². The van der Waals surface area contributed by atoms with Crippen LogP contribution < -0.4 is 4.74 Å². The average molecular weight is 321 g/mol. The van der Waals surface area contributed by atoms with Gasteiger partial charge in [0.05, 0.1) is 26.7 Å². The minimum Gasteiger partial charge on any atom is -0.496 e. The number of carbonyl (C=O) groups is 2. The molecule has 6 heteroatoms. The second-order valence-corrected chi connectivity index (χ2v) is 5.79. The van der Waals surface area contributed by atoms with Crippen LogP contribution in [0.3, 0.4) is 0 Å². The van der Waals surface area contributed by atoms with E-state index in [1.165, 1.54) is 12.0 Å². The summed E-state index contributed by atoms with van der Waals surface area (Å²) >= 11 is 0. The summed E-state index contributed by atoms with van der Waals surface area (Å²) in [4.78, 5) is 26.0. The van der Waals surface area contributed by atoms with Gasteiger partial charge < -0.3 is 19.5 Å². The van der Waals surface area contributed by atoms with Crippen molar-refractivity contribution >= 4 is 11.9 Å². The molecule has 0 bridgehead atoms. The highest BCUT2D eigenvalue weighted by Gasteiger charge is 2.36. The molecule has 0 radical (unpaired) electrons. The van der Waals surface area contributed by atoms with Crippen molar-refractivity contribution in [2.45, 2.75) is 38.3 Å². The first-order valence-corrected chi connectivity index (χ1v) is 7.65. The lowest BCUT2D eigenvalue weighted by Gasteiger charge is -2.36. The van der Waals surface area contributed by atoms with Gasteiger partial charge >= 0.3 is 5.97 Å². The smallest absolute Gasteiger partial charge is 0.328 e. The number of methoxy groups -OCH3 is 2. The van der Waals surface area contributed by atoms with Gasteiger partial charge in [-0.05, 0) is 30.5 Å². The van der Waals surface area contributed by atoms with Crippen LogP contribution in [0.25, 0.3) is 0 Å². The molecule has 1 saturated heterocycles. The second-order valence-electron chi connectivity index (χ2n) is 5.79. The second kappa shape index (κ2) is 7.46. The van der Waals surface area contributed by atoms with E-state index < -0.39 is 18.1 Å². The van der Waals surface area contributed by atoms with Crippen molar-refractivity contribution < 1.29 is 24.2 Å². The van der Waals surface area contributed by atoms with Gasteiger partial charge in [-0.3, -0.25) is 4.79 Å². The molecule has 0 aliphatic carbocycles. The first-order valence-electron chi connectivity index (χ1n) is 7.65. The Kier molecular flexibility index (Phi) is 5.60. The van der Waals surface area contributed by atoms with Crippen LogP contribution in [-0.4, -0.2) is 54.8 Å². The number of likely N-dealkylation sites (tertiary alicyclic amines) is 1. The molecular formula is C17H23NO5. The summed E-state index contributed by atoms with van der Waals surface area (Å²) in [6, 6.07) is 4.87. The molecule has 1 heterocycles. The van der Waals surface area contributed by atoms with Gasteiger partial charge in [0.15, 0.2) is 0 Å². The number of rotatable bonds is 4. The van der Waals surface area contributed by atoms with Crippen LogP contribution in [0.1, 0.15) is 24.0 Å². The van der Waals surface area contributed by atoms with E-state index in [0.29, 0.717) is 13.0 Å². The molecule has 1 aromatic carbocycles. The van der Waals surface area contributed by atoms with Crippen LogP contribution in [0.2, 0.25) is 0 Å². The van der Waals surface area contributed by atoms with E-state index in [0.717, 1.165) is 16.9 Å². The number of hydrogen-bond donors (Lipinski definition) is 1. The zero-order valence-electron chi connectivity index (χ0n) is 13.7. The zero-order chi connectivity index (χ0) is 17.0. The summed E-state index contributed by atoms with van der Waals surface area (Å²) < 4.78 is 9.97. The van der Waals surface area contributed by atoms with E-state index in [-0.39, 0.29) is 18.7 Å². The first kappa shape index (κ1) is 17.3. The molecule has 0 aromatic heterocycles. The summed E-state index contributed by atoms with van der Waals surface area (Å²) in [5, 5.41) is 9.75. The van der Waals surface area contributed by atoms with Gasteiger partial charge in [-0.2, -0.15) is 0 Å². The fraction of sp³-hybridized carbons (Fsp3) is 0.529. The number of aliphatic hydroxyl groups is 1. The van der Waals surface area contributed by atoms with Crippen LogP contribution in [0.5, 0.6) is 5.75 Å². The average Bonchev–Trinajstić information content (AvgIpc) is 2.54. The van der Waals surface area contributed by atoms with Crippen LogP contribution >= 0.6 is 0 Å². The molecule has 23 heavy (non-hydrogen) atoms. The Morgan fingerprint density at radius 3 is 2.70 bits per heavy atom. The lowest BCUT2D eigenvalue weighted by Crippen LogP contribution is -2.52. The molecule has 1 aliphatic rings.